The molecule has 8 heteroatoms. The van der Waals surface area contributed by atoms with E-state index in [9.17, 15) is 4.79 Å². The lowest BCUT2D eigenvalue weighted by Crippen LogP contribution is -2.40. The van der Waals surface area contributed by atoms with Gasteiger partial charge in [0.15, 0.2) is 5.13 Å². The van der Waals surface area contributed by atoms with Gasteiger partial charge in [-0.1, -0.05) is 41.7 Å². The third-order valence-corrected chi connectivity index (χ3v) is 6.42. The van der Waals surface area contributed by atoms with Gasteiger partial charge in [-0.15, -0.1) is 10.2 Å². The summed E-state index contributed by atoms with van der Waals surface area (Å²) in [6.45, 7) is 3.68. The summed E-state index contributed by atoms with van der Waals surface area (Å²) in [5.41, 5.74) is 1.02. The Morgan fingerprint density at radius 2 is 2.20 bits per heavy atom. The number of anilines is 2. The van der Waals surface area contributed by atoms with Crippen LogP contribution in [0.15, 0.2) is 24.3 Å². The van der Waals surface area contributed by atoms with E-state index in [0.29, 0.717) is 11.7 Å². The van der Waals surface area contributed by atoms with Crippen molar-refractivity contribution >= 4 is 49.1 Å². The molecule has 25 heavy (non-hydrogen) atoms. The van der Waals surface area contributed by atoms with E-state index in [2.05, 4.69) is 26.5 Å². The van der Waals surface area contributed by atoms with Crippen LogP contribution in [0.2, 0.25) is 0 Å². The Kier molecular flexibility index (Phi) is 4.63. The van der Waals surface area contributed by atoms with Crippen LogP contribution in [0.4, 0.5) is 10.3 Å². The second-order valence-electron chi connectivity index (χ2n) is 6.09. The number of fused-ring (bicyclic) bond motifs is 1. The zero-order valence-electron chi connectivity index (χ0n) is 13.9. The summed E-state index contributed by atoms with van der Waals surface area (Å²) < 4.78 is 1.19. The van der Waals surface area contributed by atoms with E-state index >= 15 is 0 Å². The number of piperidine rings is 1. The average Bonchev–Trinajstić information content (AvgIpc) is 3.28. The molecule has 130 valence electrons. The highest BCUT2D eigenvalue weighted by Gasteiger charge is 2.28. The van der Waals surface area contributed by atoms with Crippen molar-refractivity contribution < 1.29 is 4.79 Å². The lowest BCUT2D eigenvalue weighted by Gasteiger charge is -2.31. The van der Waals surface area contributed by atoms with Crippen molar-refractivity contribution in [3.05, 3.63) is 29.3 Å². The maximum atomic E-state index is 12.6. The molecule has 3 heterocycles. The third-order valence-electron chi connectivity index (χ3n) is 4.34. The van der Waals surface area contributed by atoms with Crippen molar-refractivity contribution in [2.24, 2.45) is 5.92 Å². The summed E-state index contributed by atoms with van der Waals surface area (Å²) in [7, 11) is 0. The zero-order valence-corrected chi connectivity index (χ0v) is 15.6. The first-order chi connectivity index (χ1) is 12.2. The van der Waals surface area contributed by atoms with Gasteiger partial charge in [-0.3, -0.25) is 4.79 Å². The molecule has 1 aliphatic heterocycles. The minimum atomic E-state index is -0.0465. The number of nitrogens with zero attached hydrogens (tertiary/aromatic N) is 4. The molecule has 0 saturated carbocycles. The standard InChI is InChI=1S/C17H19N5OS2/c1-2-14-20-21-16(25-14)19-15(23)11-6-5-9-22(10-11)17-18-12-7-3-4-8-13(12)24-17/h3-4,7-8,11H,2,5-6,9-10H2,1H3,(H,19,21,23)/t11-/m0/s1. The number of nitrogens with one attached hydrogen (secondary N) is 1. The summed E-state index contributed by atoms with van der Waals surface area (Å²) >= 11 is 3.14. The highest BCUT2D eigenvalue weighted by atomic mass is 32.1. The van der Waals surface area contributed by atoms with Crippen LogP contribution < -0.4 is 10.2 Å². The van der Waals surface area contributed by atoms with Gasteiger partial charge in [-0.2, -0.15) is 0 Å². The number of hydrogen-bond donors (Lipinski definition) is 1. The topological polar surface area (TPSA) is 71.0 Å². The van der Waals surface area contributed by atoms with Gasteiger partial charge in [0.2, 0.25) is 11.0 Å². The Hall–Kier alpha value is -2.06. The predicted octanol–water partition coefficient (Wildman–Crippen LogP) is 3.57. The molecular formula is C17H19N5OS2. The third kappa shape index (κ3) is 3.50. The van der Waals surface area contributed by atoms with Crippen LogP contribution in [0.3, 0.4) is 0 Å². The van der Waals surface area contributed by atoms with E-state index in [4.69, 9.17) is 4.98 Å². The summed E-state index contributed by atoms with van der Waals surface area (Å²) in [4.78, 5) is 19.6. The second-order valence-corrected chi connectivity index (χ2v) is 8.16. The number of thiazole rings is 1. The van der Waals surface area contributed by atoms with Crippen molar-refractivity contribution in [3.8, 4) is 0 Å². The Bertz CT molecular complexity index is 857. The van der Waals surface area contributed by atoms with E-state index in [0.717, 1.165) is 41.5 Å². The molecule has 1 atom stereocenters. The molecule has 6 nitrogen and oxygen atoms in total. The van der Waals surface area contributed by atoms with E-state index in [1.54, 1.807) is 11.3 Å². The van der Waals surface area contributed by atoms with Crippen LogP contribution in [-0.4, -0.2) is 34.2 Å². The quantitative estimate of drug-likeness (QED) is 0.757. The average molecular weight is 374 g/mol. The smallest absolute Gasteiger partial charge is 0.231 e. The van der Waals surface area contributed by atoms with Crippen molar-refractivity contribution in [2.45, 2.75) is 26.2 Å². The summed E-state index contributed by atoms with van der Waals surface area (Å²) in [5, 5.41) is 13.6. The largest absolute Gasteiger partial charge is 0.347 e. The van der Waals surface area contributed by atoms with Gasteiger partial charge >= 0.3 is 0 Å². The maximum absolute atomic E-state index is 12.6. The normalized spacial score (nSPS) is 17.8. The van der Waals surface area contributed by atoms with Crippen LogP contribution in [0.1, 0.15) is 24.8 Å². The summed E-state index contributed by atoms with van der Waals surface area (Å²) in [6.07, 6.45) is 2.72. The number of carbonyl (C=O) groups excluding carboxylic acids is 1. The van der Waals surface area contributed by atoms with Crippen LogP contribution >= 0.6 is 22.7 Å². The summed E-state index contributed by atoms with van der Waals surface area (Å²) in [6, 6.07) is 8.16. The first-order valence-electron chi connectivity index (χ1n) is 8.46. The molecule has 2 aromatic heterocycles. The number of carbonyl (C=O) groups is 1. The Balaban J connectivity index is 1.45. The predicted molar refractivity (Wildman–Crippen MR) is 102 cm³/mol. The molecule has 3 aromatic rings. The molecule has 1 N–H and O–H groups in total. The minimum absolute atomic E-state index is 0.0321. The molecule has 1 aliphatic rings. The van der Waals surface area contributed by atoms with Crippen LogP contribution in [0.25, 0.3) is 10.2 Å². The van der Waals surface area contributed by atoms with Crippen molar-refractivity contribution in [1.29, 1.82) is 0 Å². The minimum Gasteiger partial charge on any atom is -0.347 e. The number of hydrogen-bond acceptors (Lipinski definition) is 7. The van der Waals surface area contributed by atoms with Gasteiger partial charge in [-0.25, -0.2) is 4.98 Å². The lowest BCUT2D eigenvalue weighted by atomic mass is 9.98. The monoisotopic (exact) mass is 373 g/mol. The molecule has 1 aromatic carbocycles. The summed E-state index contributed by atoms with van der Waals surface area (Å²) in [5.74, 6) is -0.0145. The first-order valence-corrected chi connectivity index (χ1v) is 10.1. The number of aromatic nitrogens is 3. The molecular weight excluding hydrogens is 354 g/mol. The molecule has 1 fully saturated rings. The fraction of sp³-hybridized carbons (Fsp3) is 0.412. The molecule has 0 aliphatic carbocycles. The molecule has 1 amide bonds. The van der Waals surface area contributed by atoms with Crippen LogP contribution in [-0.2, 0) is 11.2 Å². The van der Waals surface area contributed by atoms with Crippen LogP contribution in [0.5, 0.6) is 0 Å². The Morgan fingerprint density at radius 1 is 1.32 bits per heavy atom. The molecule has 1 saturated heterocycles. The van der Waals surface area contributed by atoms with Gasteiger partial charge in [0.25, 0.3) is 0 Å². The Labute approximate surface area is 153 Å². The van der Waals surface area contributed by atoms with E-state index in [1.165, 1.54) is 16.0 Å². The zero-order chi connectivity index (χ0) is 17.2. The molecule has 0 bridgehead atoms. The number of benzene rings is 1. The van der Waals surface area contributed by atoms with Gasteiger partial charge in [0.1, 0.15) is 5.01 Å². The van der Waals surface area contributed by atoms with Crippen LogP contribution in [0, 0.1) is 5.92 Å². The first kappa shape index (κ1) is 16.4. The van der Waals surface area contributed by atoms with E-state index in [1.807, 2.05) is 25.1 Å². The number of amides is 1. The highest BCUT2D eigenvalue weighted by molar-refractivity contribution is 7.22. The SMILES string of the molecule is CCc1nnc(NC(=O)[C@H]2CCCN(c3nc4ccccc4s3)C2)s1. The van der Waals surface area contributed by atoms with Gasteiger partial charge in [0.05, 0.1) is 16.1 Å². The number of rotatable bonds is 4. The maximum Gasteiger partial charge on any atom is 0.231 e. The lowest BCUT2D eigenvalue weighted by molar-refractivity contribution is -0.120. The van der Waals surface area contributed by atoms with Gasteiger partial charge in [0, 0.05) is 13.1 Å². The van der Waals surface area contributed by atoms with Gasteiger partial charge < -0.3 is 10.2 Å². The van der Waals surface area contributed by atoms with E-state index in [-0.39, 0.29) is 11.8 Å². The van der Waals surface area contributed by atoms with E-state index < -0.39 is 0 Å². The second kappa shape index (κ2) is 7.05. The molecule has 0 unspecified atom stereocenters. The van der Waals surface area contributed by atoms with Crippen molar-refractivity contribution in [1.82, 2.24) is 15.2 Å². The van der Waals surface area contributed by atoms with Crippen molar-refractivity contribution in [3.63, 3.8) is 0 Å². The molecule has 4 rings (SSSR count). The Morgan fingerprint density at radius 3 is 3.00 bits per heavy atom. The number of para-hydroxylation sites is 1. The molecule has 0 radical (unpaired) electrons. The highest BCUT2D eigenvalue weighted by Crippen LogP contribution is 2.31. The fourth-order valence-corrected chi connectivity index (χ4v) is 4.70. The van der Waals surface area contributed by atoms with Gasteiger partial charge in [-0.05, 0) is 31.4 Å². The van der Waals surface area contributed by atoms with Crippen molar-refractivity contribution in [2.75, 3.05) is 23.3 Å². The molecule has 0 spiro atoms. The number of aryl methyl sites for hydroxylation is 1. The fourth-order valence-electron chi connectivity index (χ4n) is 3.01.